The van der Waals surface area contributed by atoms with Crippen molar-refractivity contribution in [1.29, 1.82) is 0 Å². The summed E-state index contributed by atoms with van der Waals surface area (Å²) in [4.78, 5) is 31.9. The van der Waals surface area contributed by atoms with Crippen LogP contribution in [-0.4, -0.2) is 87.4 Å². The van der Waals surface area contributed by atoms with Gasteiger partial charge in [-0.05, 0) is 12.1 Å². The Morgan fingerprint density at radius 3 is 2.96 bits per heavy atom. The van der Waals surface area contributed by atoms with Gasteiger partial charge in [0.05, 0.1) is 31.6 Å². The van der Waals surface area contributed by atoms with Gasteiger partial charge in [-0.3, -0.25) is 19.6 Å². The average molecular weight is 407 g/mol. The number of nitrogens with one attached hydrogen (secondary N) is 1. The van der Waals surface area contributed by atoms with E-state index in [0.29, 0.717) is 49.5 Å². The number of fused-ring (bicyclic) bond motifs is 3. The van der Waals surface area contributed by atoms with Gasteiger partial charge in [0.2, 0.25) is 0 Å². The second-order valence-corrected chi connectivity index (χ2v) is 7.91. The van der Waals surface area contributed by atoms with Crippen LogP contribution in [0.2, 0.25) is 0 Å². The molecule has 10 nitrogen and oxygen atoms in total. The molecule has 2 N–H and O–H groups in total. The van der Waals surface area contributed by atoms with Crippen LogP contribution in [0.25, 0.3) is 0 Å². The van der Waals surface area contributed by atoms with Crippen LogP contribution in [0.4, 0.5) is 0 Å². The lowest BCUT2D eigenvalue weighted by Crippen LogP contribution is -2.47. The summed E-state index contributed by atoms with van der Waals surface area (Å²) in [5, 5.41) is 16.4. The van der Waals surface area contributed by atoms with E-state index in [1.165, 1.54) is 18.1 Å². The topological polar surface area (TPSA) is 125 Å². The van der Waals surface area contributed by atoms with Crippen molar-refractivity contribution in [1.82, 2.24) is 25.0 Å². The molecule has 0 saturated carbocycles. The summed E-state index contributed by atoms with van der Waals surface area (Å²) in [6.45, 7) is 2.50. The quantitative estimate of drug-likeness (QED) is 0.660. The number of aromatic amines is 1. The molecule has 0 radical (unpaired) electrons. The molecule has 2 aliphatic heterocycles. The van der Waals surface area contributed by atoms with E-state index in [2.05, 4.69) is 15.2 Å². The summed E-state index contributed by atoms with van der Waals surface area (Å²) in [5.74, 6) is 0.514. The zero-order valence-electron chi connectivity index (χ0n) is 15.1. The number of hydrogen-bond donors (Lipinski definition) is 2. The highest BCUT2D eigenvalue weighted by Gasteiger charge is 2.37. The van der Waals surface area contributed by atoms with Crippen LogP contribution in [0.5, 0.6) is 0 Å². The molecule has 0 spiro atoms. The van der Waals surface area contributed by atoms with Crippen molar-refractivity contribution in [3.05, 3.63) is 30.0 Å². The zero-order valence-corrected chi connectivity index (χ0v) is 15.9. The number of carboxylic acid groups (broad SMARTS) is 1. The monoisotopic (exact) mass is 407 g/mol. The Morgan fingerprint density at radius 1 is 1.29 bits per heavy atom. The molecule has 2 aromatic heterocycles. The van der Waals surface area contributed by atoms with E-state index in [0.717, 1.165) is 0 Å². The standard InChI is InChI=1S/C17H21N5O5S/c23-15(24)6-21-3-11-4-22(12(5-21)8-26-7-11)16(25)14-2-1-13(27-14)9-28-17-18-10-19-20-17/h1-2,10-12H,3-9H2,(H,23,24)(H,18,19,20)/t11-,12-/m0/s1. The lowest BCUT2D eigenvalue weighted by Gasteiger charge is -2.30. The van der Waals surface area contributed by atoms with Crippen LogP contribution < -0.4 is 0 Å². The van der Waals surface area contributed by atoms with Crippen molar-refractivity contribution in [3.8, 4) is 0 Å². The molecule has 0 aliphatic carbocycles. The van der Waals surface area contributed by atoms with Gasteiger partial charge < -0.3 is 19.2 Å². The molecular formula is C17H21N5O5S. The Hall–Kier alpha value is -2.37. The van der Waals surface area contributed by atoms with Gasteiger partial charge in [-0.1, -0.05) is 11.8 Å². The van der Waals surface area contributed by atoms with Crippen LogP contribution in [0, 0.1) is 5.92 Å². The lowest BCUT2D eigenvalue weighted by molar-refractivity contribution is -0.138. The fourth-order valence-corrected chi connectivity index (χ4v) is 4.30. The Balaban J connectivity index is 1.44. The first-order valence-corrected chi connectivity index (χ1v) is 9.97. The normalized spacial score (nSPS) is 22.8. The van der Waals surface area contributed by atoms with E-state index in [4.69, 9.17) is 14.3 Å². The fraction of sp³-hybridized carbons (Fsp3) is 0.529. The summed E-state index contributed by atoms with van der Waals surface area (Å²) in [6.07, 6.45) is 1.44. The summed E-state index contributed by atoms with van der Waals surface area (Å²) >= 11 is 1.44. The van der Waals surface area contributed by atoms with Gasteiger partial charge in [0.1, 0.15) is 12.1 Å². The summed E-state index contributed by atoms with van der Waals surface area (Å²) in [5.41, 5.74) is 0. The molecular weight excluding hydrogens is 386 g/mol. The molecule has 0 unspecified atom stereocenters. The van der Waals surface area contributed by atoms with Crippen LogP contribution in [0.3, 0.4) is 0 Å². The molecule has 28 heavy (non-hydrogen) atoms. The second kappa shape index (κ2) is 8.33. The minimum Gasteiger partial charge on any atom is -0.480 e. The van der Waals surface area contributed by atoms with Crippen molar-refractivity contribution < 1.29 is 23.8 Å². The molecule has 2 fully saturated rings. The third kappa shape index (κ3) is 4.37. The first-order valence-electron chi connectivity index (χ1n) is 8.98. The molecule has 4 rings (SSSR count). The van der Waals surface area contributed by atoms with E-state index < -0.39 is 5.97 Å². The molecule has 2 aliphatic rings. The molecule has 2 saturated heterocycles. The number of furan rings is 1. The number of aliphatic carboxylic acids is 1. The average Bonchev–Trinajstić information content (AvgIpc) is 3.25. The van der Waals surface area contributed by atoms with Crippen LogP contribution in [0.15, 0.2) is 28.0 Å². The fourth-order valence-electron chi connectivity index (χ4n) is 3.62. The first-order chi connectivity index (χ1) is 13.6. The number of H-pyrrole nitrogens is 1. The summed E-state index contributed by atoms with van der Waals surface area (Å²) < 4.78 is 11.5. The maximum atomic E-state index is 13.1. The summed E-state index contributed by atoms with van der Waals surface area (Å²) in [7, 11) is 0. The summed E-state index contributed by atoms with van der Waals surface area (Å²) in [6, 6.07) is 3.27. The van der Waals surface area contributed by atoms with Crippen LogP contribution >= 0.6 is 11.8 Å². The SMILES string of the molecule is O=C(O)CN1C[C@@H]2COC[C@H](C1)N(C(=O)c1ccc(CSc3ncn[nH]3)o1)C2. The predicted octanol–water partition coefficient (Wildman–Crippen LogP) is 0.547. The Kier molecular flexibility index (Phi) is 5.64. The predicted molar refractivity (Wildman–Crippen MR) is 97.9 cm³/mol. The second-order valence-electron chi connectivity index (χ2n) is 6.95. The highest BCUT2D eigenvalue weighted by atomic mass is 32.2. The molecule has 4 heterocycles. The van der Waals surface area contributed by atoms with Crippen molar-refractivity contribution in [2.24, 2.45) is 5.92 Å². The third-order valence-electron chi connectivity index (χ3n) is 4.78. The van der Waals surface area contributed by atoms with Gasteiger partial charge in [-0.15, -0.1) is 0 Å². The highest BCUT2D eigenvalue weighted by Crippen LogP contribution is 2.24. The van der Waals surface area contributed by atoms with Gasteiger partial charge in [0.25, 0.3) is 5.91 Å². The first kappa shape index (κ1) is 19.0. The highest BCUT2D eigenvalue weighted by molar-refractivity contribution is 7.98. The number of rotatable bonds is 6. The van der Waals surface area contributed by atoms with Gasteiger partial charge in [0, 0.05) is 25.6 Å². The minimum absolute atomic E-state index is 0.0290. The van der Waals surface area contributed by atoms with Gasteiger partial charge in [-0.2, -0.15) is 5.10 Å². The third-order valence-corrected chi connectivity index (χ3v) is 5.68. The smallest absolute Gasteiger partial charge is 0.317 e. The van der Waals surface area contributed by atoms with Crippen molar-refractivity contribution in [3.63, 3.8) is 0 Å². The number of amides is 1. The molecule has 150 valence electrons. The lowest BCUT2D eigenvalue weighted by atomic mass is 10.1. The van der Waals surface area contributed by atoms with Crippen molar-refractivity contribution >= 4 is 23.6 Å². The van der Waals surface area contributed by atoms with E-state index in [-0.39, 0.29) is 30.2 Å². The Bertz CT molecular complexity index is 826. The Labute approximate surface area is 165 Å². The van der Waals surface area contributed by atoms with E-state index in [1.54, 1.807) is 17.0 Å². The van der Waals surface area contributed by atoms with E-state index >= 15 is 0 Å². The molecule has 11 heteroatoms. The van der Waals surface area contributed by atoms with E-state index in [9.17, 15) is 9.59 Å². The molecule has 1 amide bonds. The number of hydrogen-bond acceptors (Lipinski definition) is 8. The molecule has 2 aromatic rings. The number of carboxylic acids is 1. The number of ether oxygens (including phenoxy) is 1. The van der Waals surface area contributed by atoms with Gasteiger partial charge in [0.15, 0.2) is 10.9 Å². The van der Waals surface area contributed by atoms with Crippen molar-refractivity contribution in [2.45, 2.75) is 17.0 Å². The van der Waals surface area contributed by atoms with Crippen molar-refractivity contribution in [2.75, 3.05) is 39.4 Å². The maximum Gasteiger partial charge on any atom is 0.317 e. The number of thioether (sulfide) groups is 1. The zero-order chi connectivity index (χ0) is 19.5. The van der Waals surface area contributed by atoms with Crippen LogP contribution in [-0.2, 0) is 15.3 Å². The molecule has 0 aromatic carbocycles. The number of nitrogens with zero attached hydrogens (tertiary/aromatic N) is 4. The largest absolute Gasteiger partial charge is 0.480 e. The van der Waals surface area contributed by atoms with Gasteiger partial charge in [-0.25, -0.2) is 4.98 Å². The molecule has 2 atom stereocenters. The number of carbonyl (C=O) groups excluding carboxylic acids is 1. The minimum atomic E-state index is -0.862. The van der Waals surface area contributed by atoms with Crippen LogP contribution in [0.1, 0.15) is 16.3 Å². The Morgan fingerprint density at radius 2 is 2.18 bits per heavy atom. The number of carbonyl (C=O) groups is 2. The van der Waals surface area contributed by atoms with E-state index in [1.807, 2.05) is 4.90 Å². The number of aromatic nitrogens is 3. The molecule has 2 bridgehead atoms. The van der Waals surface area contributed by atoms with Gasteiger partial charge >= 0.3 is 5.97 Å². The maximum absolute atomic E-state index is 13.1.